The summed E-state index contributed by atoms with van der Waals surface area (Å²) in [5, 5.41) is 6.87. The van der Waals surface area contributed by atoms with E-state index in [9.17, 15) is 0 Å². The van der Waals surface area contributed by atoms with Gasteiger partial charge in [0, 0.05) is 38.8 Å². The quantitative estimate of drug-likeness (QED) is 0.384. The maximum atomic E-state index is 5.51. The first-order valence-corrected chi connectivity index (χ1v) is 10.9. The maximum absolute atomic E-state index is 5.51. The molecule has 0 saturated carbocycles. The maximum Gasteiger partial charge on any atom is 0.191 e. The number of nitrogens with zero attached hydrogens (tertiary/aromatic N) is 4. The Bertz CT molecular complexity index is 766. The van der Waals surface area contributed by atoms with Crippen LogP contribution in [-0.2, 0) is 11.3 Å². The van der Waals surface area contributed by atoms with E-state index in [2.05, 4.69) is 64.1 Å². The second-order valence-corrected chi connectivity index (χ2v) is 7.89. The van der Waals surface area contributed by atoms with E-state index in [0.717, 1.165) is 70.4 Å². The summed E-state index contributed by atoms with van der Waals surface area (Å²) in [6.45, 7) is 13.8. The van der Waals surface area contributed by atoms with Gasteiger partial charge in [0.05, 0.1) is 37.1 Å². The van der Waals surface area contributed by atoms with Crippen molar-refractivity contribution in [2.75, 3.05) is 45.9 Å². The number of hydrogen-bond acceptors (Lipinski definition) is 4. The molecule has 160 valence electrons. The summed E-state index contributed by atoms with van der Waals surface area (Å²) in [6.07, 6.45) is 2.95. The molecule has 0 amide bonds. The van der Waals surface area contributed by atoms with Crippen molar-refractivity contribution >= 4 is 17.0 Å². The summed E-state index contributed by atoms with van der Waals surface area (Å²) in [4.78, 5) is 11.9. The van der Waals surface area contributed by atoms with Gasteiger partial charge in [-0.05, 0) is 31.4 Å². The lowest BCUT2D eigenvalue weighted by Gasteiger charge is -2.36. The van der Waals surface area contributed by atoms with E-state index >= 15 is 0 Å². The first-order valence-electron chi connectivity index (χ1n) is 10.9. The van der Waals surface area contributed by atoms with Crippen LogP contribution in [0.2, 0.25) is 0 Å². The number of aromatic nitrogens is 2. The Morgan fingerprint density at radius 3 is 2.76 bits per heavy atom. The van der Waals surface area contributed by atoms with E-state index in [-0.39, 0.29) is 0 Å². The minimum atomic E-state index is 0.451. The van der Waals surface area contributed by atoms with E-state index in [1.165, 1.54) is 5.52 Å². The molecule has 2 heterocycles. The van der Waals surface area contributed by atoms with Crippen molar-refractivity contribution in [3.63, 3.8) is 0 Å². The van der Waals surface area contributed by atoms with Crippen molar-refractivity contribution in [3.8, 4) is 0 Å². The molecule has 1 fully saturated rings. The van der Waals surface area contributed by atoms with Crippen LogP contribution < -0.4 is 10.6 Å². The normalized spacial score (nSPS) is 17.0. The van der Waals surface area contributed by atoms with Crippen molar-refractivity contribution in [1.82, 2.24) is 25.1 Å². The number of imidazole rings is 1. The number of benzene rings is 1. The second kappa shape index (κ2) is 11.2. The Kier molecular flexibility index (Phi) is 8.31. The van der Waals surface area contributed by atoms with Crippen LogP contribution in [0.4, 0.5) is 0 Å². The molecule has 0 aliphatic carbocycles. The van der Waals surface area contributed by atoms with Gasteiger partial charge in [0.1, 0.15) is 0 Å². The van der Waals surface area contributed by atoms with Crippen molar-refractivity contribution in [2.24, 2.45) is 10.9 Å². The Hall–Kier alpha value is -2.12. The van der Waals surface area contributed by atoms with Crippen LogP contribution in [0.1, 0.15) is 27.2 Å². The zero-order valence-corrected chi connectivity index (χ0v) is 18.1. The molecule has 7 nitrogen and oxygen atoms in total. The minimum Gasteiger partial charge on any atom is -0.379 e. The molecule has 0 spiro atoms. The predicted octanol–water partition coefficient (Wildman–Crippen LogP) is 2.34. The number of guanidine groups is 1. The van der Waals surface area contributed by atoms with Crippen LogP contribution in [0.25, 0.3) is 11.0 Å². The monoisotopic (exact) mass is 400 g/mol. The van der Waals surface area contributed by atoms with Crippen LogP contribution in [0.15, 0.2) is 35.6 Å². The van der Waals surface area contributed by atoms with Gasteiger partial charge in [0.15, 0.2) is 5.96 Å². The largest absolute Gasteiger partial charge is 0.379 e. The average Bonchev–Trinajstić information content (AvgIpc) is 3.15. The molecule has 1 aliphatic rings. The van der Waals surface area contributed by atoms with Gasteiger partial charge in [-0.1, -0.05) is 26.0 Å². The van der Waals surface area contributed by atoms with Gasteiger partial charge >= 0.3 is 0 Å². The fourth-order valence-electron chi connectivity index (χ4n) is 3.83. The number of rotatable bonds is 9. The zero-order chi connectivity index (χ0) is 20.5. The van der Waals surface area contributed by atoms with Crippen LogP contribution in [0, 0.1) is 5.92 Å². The predicted molar refractivity (Wildman–Crippen MR) is 119 cm³/mol. The van der Waals surface area contributed by atoms with Crippen LogP contribution in [0.3, 0.4) is 0 Å². The fraction of sp³-hybridized carbons (Fsp3) is 0.636. The highest BCUT2D eigenvalue weighted by Gasteiger charge is 2.23. The first-order chi connectivity index (χ1) is 14.2. The van der Waals surface area contributed by atoms with E-state index in [4.69, 9.17) is 9.73 Å². The number of para-hydroxylation sites is 2. The van der Waals surface area contributed by atoms with Gasteiger partial charge < -0.3 is 19.9 Å². The highest BCUT2D eigenvalue weighted by molar-refractivity contribution is 5.79. The van der Waals surface area contributed by atoms with Crippen molar-refractivity contribution in [1.29, 1.82) is 0 Å². The Morgan fingerprint density at radius 2 is 2.00 bits per heavy atom. The minimum absolute atomic E-state index is 0.451. The molecule has 1 aliphatic heterocycles. The van der Waals surface area contributed by atoms with Gasteiger partial charge in [-0.2, -0.15) is 0 Å². The number of aryl methyl sites for hydroxylation is 1. The summed E-state index contributed by atoms with van der Waals surface area (Å²) in [5.41, 5.74) is 2.25. The summed E-state index contributed by atoms with van der Waals surface area (Å²) < 4.78 is 7.72. The van der Waals surface area contributed by atoms with E-state index in [0.29, 0.717) is 12.0 Å². The Labute approximate surface area is 174 Å². The van der Waals surface area contributed by atoms with Gasteiger partial charge in [-0.3, -0.25) is 9.89 Å². The molecule has 29 heavy (non-hydrogen) atoms. The smallest absolute Gasteiger partial charge is 0.191 e. The van der Waals surface area contributed by atoms with Gasteiger partial charge in [-0.15, -0.1) is 0 Å². The van der Waals surface area contributed by atoms with Gasteiger partial charge in [0.2, 0.25) is 0 Å². The molecule has 3 rings (SSSR count). The highest BCUT2D eigenvalue weighted by Crippen LogP contribution is 2.14. The number of aliphatic imine (C=N–C) groups is 1. The number of nitrogens with one attached hydrogen (secondary N) is 2. The van der Waals surface area contributed by atoms with Gasteiger partial charge in [0.25, 0.3) is 0 Å². The van der Waals surface area contributed by atoms with Crippen LogP contribution in [0.5, 0.6) is 0 Å². The third-order valence-corrected chi connectivity index (χ3v) is 5.46. The molecule has 0 bridgehead atoms. The van der Waals surface area contributed by atoms with Crippen molar-refractivity contribution in [3.05, 3.63) is 30.6 Å². The number of ether oxygens (including phenoxy) is 1. The fourth-order valence-corrected chi connectivity index (χ4v) is 3.83. The Morgan fingerprint density at radius 1 is 1.21 bits per heavy atom. The standard InChI is InChI=1S/C22H36N6O/c1-4-23-22(25-16-21(18(2)3)27-12-14-29-15-13-27)24-10-7-11-28-17-26-19-8-5-6-9-20(19)28/h5-6,8-9,17-18,21H,4,7,10-16H2,1-3H3,(H2,23,24,25). The molecular weight excluding hydrogens is 364 g/mol. The molecule has 1 unspecified atom stereocenters. The van der Waals surface area contributed by atoms with Gasteiger partial charge in [-0.25, -0.2) is 4.98 Å². The van der Waals surface area contributed by atoms with Crippen molar-refractivity contribution in [2.45, 2.75) is 39.8 Å². The lowest BCUT2D eigenvalue weighted by atomic mass is 10.0. The molecule has 2 aromatic rings. The number of fused-ring (bicyclic) bond motifs is 1. The van der Waals surface area contributed by atoms with E-state index in [1.807, 2.05) is 12.4 Å². The van der Waals surface area contributed by atoms with Crippen LogP contribution >= 0.6 is 0 Å². The first kappa shape index (κ1) is 21.6. The molecule has 1 saturated heterocycles. The van der Waals surface area contributed by atoms with E-state index in [1.54, 1.807) is 0 Å². The lowest BCUT2D eigenvalue weighted by molar-refractivity contribution is 0.00867. The topological polar surface area (TPSA) is 66.7 Å². The summed E-state index contributed by atoms with van der Waals surface area (Å²) in [7, 11) is 0. The van der Waals surface area contributed by atoms with Crippen LogP contribution in [-0.4, -0.2) is 72.4 Å². The SMILES string of the molecule is CCNC(=NCC(C(C)C)N1CCOCC1)NCCCn1cnc2ccccc21. The lowest BCUT2D eigenvalue weighted by Crippen LogP contribution is -2.48. The summed E-state index contributed by atoms with van der Waals surface area (Å²) in [5.74, 6) is 1.47. The molecule has 2 N–H and O–H groups in total. The average molecular weight is 401 g/mol. The third kappa shape index (κ3) is 6.18. The number of morpholine rings is 1. The molecular formula is C22H36N6O. The molecule has 0 radical (unpaired) electrons. The molecule has 1 aromatic carbocycles. The summed E-state index contributed by atoms with van der Waals surface area (Å²) in [6, 6.07) is 8.72. The second-order valence-electron chi connectivity index (χ2n) is 7.89. The van der Waals surface area contributed by atoms with Crippen molar-refractivity contribution < 1.29 is 4.74 Å². The highest BCUT2D eigenvalue weighted by atomic mass is 16.5. The number of hydrogen-bond donors (Lipinski definition) is 2. The van der Waals surface area contributed by atoms with E-state index < -0.39 is 0 Å². The summed E-state index contributed by atoms with van der Waals surface area (Å²) >= 11 is 0. The molecule has 7 heteroatoms. The third-order valence-electron chi connectivity index (χ3n) is 5.46. The molecule has 1 atom stereocenters. The Balaban J connectivity index is 1.50. The zero-order valence-electron chi connectivity index (χ0n) is 18.1. The molecule has 1 aromatic heterocycles.